The summed E-state index contributed by atoms with van der Waals surface area (Å²) in [4.78, 5) is 0. The molecule has 0 spiro atoms. The van der Waals surface area contributed by atoms with Gasteiger partial charge in [0.15, 0.2) is 5.75 Å². The summed E-state index contributed by atoms with van der Waals surface area (Å²) in [5.41, 5.74) is 0.664. The summed E-state index contributed by atoms with van der Waals surface area (Å²) in [7, 11) is 0. The third-order valence-electron chi connectivity index (χ3n) is 1.62. The fourth-order valence-electron chi connectivity index (χ4n) is 1.13. The maximum absolute atomic E-state index is 5.14. The Morgan fingerprint density at radius 1 is 1.55 bits per heavy atom. The molecule has 1 aliphatic heterocycles. The van der Waals surface area contributed by atoms with E-state index in [9.17, 15) is 0 Å². The molecule has 6 heteroatoms. The predicted molar refractivity (Wildman–Crippen MR) is 33.5 cm³/mol. The van der Waals surface area contributed by atoms with Gasteiger partial charge >= 0.3 is 0 Å². The van der Waals surface area contributed by atoms with E-state index in [0.29, 0.717) is 17.1 Å². The Hall–Kier alpha value is -1.72. The standard InChI is InChI=1S/C5H4N4O2/c1-3-4(11-2-10-3)5-6-7-8-9(1)5/h1H,2H2,(H,6,8). The van der Waals surface area contributed by atoms with Crippen LogP contribution in [0.3, 0.4) is 0 Å². The van der Waals surface area contributed by atoms with Crippen LogP contribution in [0, 0.1) is 0 Å². The van der Waals surface area contributed by atoms with Crippen LogP contribution >= 0.6 is 0 Å². The molecule has 1 aliphatic rings. The van der Waals surface area contributed by atoms with Gasteiger partial charge in [0.1, 0.15) is 0 Å². The molecule has 3 heterocycles. The molecule has 2 aromatic rings. The highest BCUT2D eigenvalue weighted by atomic mass is 16.7. The maximum Gasteiger partial charge on any atom is 0.231 e. The molecule has 1 N–H and O–H groups in total. The number of rotatable bonds is 0. The number of nitrogens with one attached hydrogen (secondary N) is 1. The van der Waals surface area contributed by atoms with Crippen molar-refractivity contribution < 1.29 is 9.47 Å². The van der Waals surface area contributed by atoms with Gasteiger partial charge in [0.25, 0.3) is 0 Å². The molecule has 0 radical (unpaired) electrons. The van der Waals surface area contributed by atoms with Crippen LogP contribution in [0.2, 0.25) is 0 Å². The van der Waals surface area contributed by atoms with Crippen molar-refractivity contribution in [3.63, 3.8) is 0 Å². The van der Waals surface area contributed by atoms with E-state index in [1.54, 1.807) is 10.7 Å². The lowest BCUT2D eigenvalue weighted by atomic mass is 10.5. The van der Waals surface area contributed by atoms with Gasteiger partial charge < -0.3 is 9.47 Å². The van der Waals surface area contributed by atoms with Crippen molar-refractivity contribution in [3.05, 3.63) is 6.20 Å². The van der Waals surface area contributed by atoms with Crippen LogP contribution in [-0.2, 0) is 0 Å². The molecular weight excluding hydrogens is 148 g/mol. The first-order valence-electron chi connectivity index (χ1n) is 3.13. The van der Waals surface area contributed by atoms with E-state index in [-0.39, 0.29) is 6.79 Å². The number of hydrogen-bond donors (Lipinski definition) is 1. The minimum absolute atomic E-state index is 0.272. The third-order valence-corrected chi connectivity index (χ3v) is 1.62. The quantitative estimate of drug-likeness (QED) is 0.567. The van der Waals surface area contributed by atoms with Crippen LogP contribution < -0.4 is 9.47 Å². The molecule has 0 atom stereocenters. The largest absolute Gasteiger partial charge is 0.452 e. The van der Waals surface area contributed by atoms with Crippen LogP contribution in [0.1, 0.15) is 0 Å². The summed E-state index contributed by atoms with van der Waals surface area (Å²) in [6.07, 6.45) is 1.75. The second-order valence-electron chi connectivity index (χ2n) is 2.22. The van der Waals surface area contributed by atoms with Gasteiger partial charge in [-0.3, -0.25) is 0 Å². The van der Waals surface area contributed by atoms with Gasteiger partial charge in [0.2, 0.25) is 18.2 Å². The lowest BCUT2D eigenvalue weighted by Crippen LogP contribution is -1.95. The summed E-state index contributed by atoms with van der Waals surface area (Å²) in [5, 5.41) is 10.0. The van der Waals surface area contributed by atoms with E-state index in [1.807, 2.05) is 0 Å². The van der Waals surface area contributed by atoms with Gasteiger partial charge in [0, 0.05) is 0 Å². The number of hydrogen-bond acceptors (Lipinski definition) is 4. The topological polar surface area (TPSA) is 64.4 Å². The minimum Gasteiger partial charge on any atom is -0.452 e. The zero-order valence-corrected chi connectivity index (χ0v) is 5.44. The van der Waals surface area contributed by atoms with Gasteiger partial charge in [-0.2, -0.15) is 5.21 Å². The molecule has 6 nitrogen and oxygen atoms in total. The van der Waals surface area contributed by atoms with Crippen molar-refractivity contribution in [1.29, 1.82) is 0 Å². The number of tetrazole rings is 1. The molecule has 0 unspecified atom stereocenters. The molecule has 0 bridgehead atoms. The monoisotopic (exact) mass is 152 g/mol. The lowest BCUT2D eigenvalue weighted by molar-refractivity contribution is 0.173. The van der Waals surface area contributed by atoms with Crippen molar-refractivity contribution >= 4 is 5.65 Å². The van der Waals surface area contributed by atoms with E-state index in [1.165, 1.54) is 0 Å². The van der Waals surface area contributed by atoms with Crippen LogP contribution in [-0.4, -0.2) is 26.8 Å². The van der Waals surface area contributed by atoms with Gasteiger partial charge in [-0.15, -0.1) is 5.10 Å². The molecule has 0 saturated heterocycles. The molecule has 0 fully saturated rings. The highest BCUT2D eigenvalue weighted by Gasteiger charge is 2.21. The molecule has 3 rings (SSSR count). The molecule has 56 valence electrons. The fraction of sp³-hybridized carbons (Fsp3) is 0.200. The summed E-state index contributed by atoms with van der Waals surface area (Å²) in [6.45, 7) is 0.272. The molecular formula is C5H4N4O2. The van der Waals surface area contributed by atoms with E-state index in [2.05, 4.69) is 15.5 Å². The third kappa shape index (κ3) is 0.473. The highest BCUT2D eigenvalue weighted by molar-refractivity contribution is 5.62. The summed E-state index contributed by atoms with van der Waals surface area (Å²) < 4.78 is 11.9. The smallest absolute Gasteiger partial charge is 0.231 e. The first-order valence-corrected chi connectivity index (χ1v) is 3.13. The molecule has 0 amide bonds. The van der Waals surface area contributed by atoms with Crippen molar-refractivity contribution in [2.75, 3.05) is 6.79 Å². The summed E-state index contributed by atoms with van der Waals surface area (Å²) >= 11 is 0. The molecule has 0 aromatic carbocycles. The second-order valence-corrected chi connectivity index (χ2v) is 2.22. The highest BCUT2D eigenvalue weighted by Crippen LogP contribution is 2.35. The number of fused-ring (bicyclic) bond motifs is 3. The first-order chi connectivity index (χ1) is 5.45. The Morgan fingerprint density at radius 3 is 3.55 bits per heavy atom. The number of aromatic nitrogens is 4. The van der Waals surface area contributed by atoms with Gasteiger partial charge in [-0.05, 0) is 0 Å². The second kappa shape index (κ2) is 1.47. The molecule has 2 aromatic heterocycles. The Balaban J connectivity index is 2.46. The van der Waals surface area contributed by atoms with E-state index < -0.39 is 0 Å². The Bertz CT molecular complexity index is 403. The lowest BCUT2D eigenvalue weighted by Gasteiger charge is -1.88. The van der Waals surface area contributed by atoms with Crippen LogP contribution in [0.5, 0.6) is 11.5 Å². The van der Waals surface area contributed by atoms with Crippen molar-refractivity contribution in [3.8, 4) is 11.5 Å². The van der Waals surface area contributed by atoms with Crippen LogP contribution in [0.25, 0.3) is 5.65 Å². The zero-order chi connectivity index (χ0) is 7.26. The number of aromatic amines is 1. The minimum atomic E-state index is 0.272. The van der Waals surface area contributed by atoms with Gasteiger partial charge in [0.05, 0.1) is 6.20 Å². The Labute approximate surface area is 60.7 Å². The predicted octanol–water partition coefficient (Wildman–Crippen LogP) is -0.214. The fourth-order valence-corrected chi connectivity index (χ4v) is 1.13. The number of H-pyrrole nitrogens is 1. The molecule has 11 heavy (non-hydrogen) atoms. The SMILES string of the molecule is c1c2c(c3nn[nH]n13)OCO2. The van der Waals surface area contributed by atoms with E-state index >= 15 is 0 Å². The average molecular weight is 152 g/mol. The normalized spacial score (nSPS) is 14.5. The van der Waals surface area contributed by atoms with Crippen molar-refractivity contribution in [2.24, 2.45) is 0 Å². The van der Waals surface area contributed by atoms with Crippen molar-refractivity contribution in [1.82, 2.24) is 20.0 Å². The average Bonchev–Trinajstić information content (AvgIpc) is 2.52. The maximum atomic E-state index is 5.14. The van der Waals surface area contributed by atoms with Gasteiger partial charge in [-0.25, -0.2) is 4.52 Å². The molecule has 0 saturated carbocycles. The van der Waals surface area contributed by atoms with E-state index in [0.717, 1.165) is 0 Å². The number of ether oxygens (including phenoxy) is 2. The van der Waals surface area contributed by atoms with E-state index in [4.69, 9.17) is 9.47 Å². The van der Waals surface area contributed by atoms with Gasteiger partial charge in [-0.1, -0.05) is 5.21 Å². The van der Waals surface area contributed by atoms with Crippen LogP contribution in [0.15, 0.2) is 6.20 Å². The Kier molecular flexibility index (Phi) is 0.668. The molecule has 0 aliphatic carbocycles. The summed E-state index contributed by atoms with van der Waals surface area (Å²) in [5.74, 6) is 1.38. The zero-order valence-electron chi connectivity index (χ0n) is 5.44. The summed E-state index contributed by atoms with van der Waals surface area (Å²) in [6, 6.07) is 0. The number of nitrogens with zero attached hydrogens (tertiary/aromatic N) is 3. The van der Waals surface area contributed by atoms with Crippen LogP contribution in [0.4, 0.5) is 0 Å². The van der Waals surface area contributed by atoms with Crippen molar-refractivity contribution in [2.45, 2.75) is 0 Å². The Morgan fingerprint density at radius 2 is 2.55 bits per heavy atom. The first kappa shape index (κ1) is 5.00.